The summed E-state index contributed by atoms with van der Waals surface area (Å²) in [4.78, 5) is 27.0. The Hall–Kier alpha value is -4.74. The zero-order valence-corrected chi connectivity index (χ0v) is 24.1. The number of fused-ring (bicyclic) bond motifs is 3. The molecule has 11 nitrogen and oxygen atoms in total. The molecule has 42 heavy (non-hydrogen) atoms. The first-order valence-corrected chi connectivity index (χ1v) is 13.4. The SMILES string of the molecule is CC(=O)NCCNC(=O)c1ccc(CO)c(O)c1.COc1ccc2c(c1)C(c1ccc(Cl)cc1)=NCc1nnc(C)n1-2. The number of hydrogen-bond donors (Lipinski definition) is 4. The average molecular weight is 591 g/mol. The van der Waals surface area contributed by atoms with Crippen molar-refractivity contribution >= 4 is 29.1 Å². The number of carbonyl (C=O) groups is 2. The monoisotopic (exact) mass is 590 g/mol. The maximum atomic E-state index is 11.6. The number of aliphatic imine (C=N–C) groups is 1. The first kappa shape index (κ1) is 30.2. The van der Waals surface area contributed by atoms with E-state index in [1.54, 1.807) is 7.11 Å². The predicted molar refractivity (Wildman–Crippen MR) is 158 cm³/mol. The Morgan fingerprint density at radius 3 is 2.43 bits per heavy atom. The van der Waals surface area contributed by atoms with E-state index in [1.165, 1.54) is 25.1 Å². The number of halogens is 1. The van der Waals surface area contributed by atoms with Crippen LogP contribution in [0.3, 0.4) is 0 Å². The molecule has 0 aliphatic carbocycles. The Kier molecular flexibility index (Phi) is 9.89. The minimum atomic E-state index is -0.347. The van der Waals surface area contributed by atoms with Gasteiger partial charge in [0.1, 0.15) is 23.9 Å². The van der Waals surface area contributed by atoms with Gasteiger partial charge in [-0.3, -0.25) is 19.1 Å². The average Bonchev–Trinajstić information content (AvgIpc) is 3.27. The first-order chi connectivity index (χ1) is 20.2. The molecule has 4 N–H and O–H groups in total. The highest BCUT2D eigenvalue weighted by molar-refractivity contribution is 6.30. The molecule has 1 aromatic heterocycles. The zero-order valence-electron chi connectivity index (χ0n) is 23.4. The van der Waals surface area contributed by atoms with E-state index in [2.05, 4.69) is 20.8 Å². The number of benzene rings is 3. The highest BCUT2D eigenvalue weighted by atomic mass is 35.5. The van der Waals surface area contributed by atoms with Crippen LogP contribution in [0.2, 0.25) is 5.02 Å². The molecule has 0 unspecified atom stereocenters. The van der Waals surface area contributed by atoms with E-state index in [0.717, 1.165) is 39.9 Å². The van der Waals surface area contributed by atoms with Crippen LogP contribution in [0.5, 0.6) is 11.5 Å². The third kappa shape index (κ3) is 7.12. The van der Waals surface area contributed by atoms with Gasteiger partial charge in [-0.1, -0.05) is 29.8 Å². The van der Waals surface area contributed by atoms with Crippen LogP contribution in [0.1, 0.15) is 45.6 Å². The number of ether oxygens (including phenoxy) is 1. The molecular weight excluding hydrogens is 560 g/mol. The fourth-order valence-electron chi connectivity index (χ4n) is 4.29. The second kappa shape index (κ2) is 13.7. The Morgan fingerprint density at radius 2 is 1.76 bits per heavy atom. The summed E-state index contributed by atoms with van der Waals surface area (Å²) < 4.78 is 7.45. The van der Waals surface area contributed by atoms with Gasteiger partial charge in [0.15, 0.2) is 5.82 Å². The number of aromatic hydroxyl groups is 1. The van der Waals surface area contributed by atoms with Gasteiger partial charge < -0.3 is 25.6 Å². The van der Waals surface area contributed by atoms with Gasteiger partial charge in [-0.25, -0.2) is 0 Å². The van der Waals surface area contributed by atoms with E-state index >= 15 is 0 Å². The third-order valence-corrected chi connectivity index (χ3v) is 6.64. The fourth-order valence-corrected chi connectivity index (χ4v) is 4.42. The van der Waals surface area contributed by atoms with Gasteiger partial charge in [0.2, 0.25) is 5.91 Å². The van der Waals surface area contributed by atoms with Crippen LogP contribution in [0.25, 0.3) is 5.69 Å². The van der Waals surface area contributed by atoms with Gasteiger partial charge in [0.25, 0.3) is 5.91 Å². The predicted octanol–water partition coefficient (Wildman–Crippen LogP) is 3.34. The number of aryl methyl sites for hydroxylation is 1. The van der Waals surface area contributed by atoms with Crippen molar-refractivity contribution in [1.29, 1.82) is 0 Å². The van der Waals surface area contributed by atoms with Crippen LogP contribution in [-0.2, 0) is 17.9 Å². The molecular formula is C30H31ClN6O5. The summed E-state index contributed by atoms with van der Waals surface area (Å²) >= 11 is 6.02. The zero-order chi connectivity index (χ0) is 30.2. The molecule has 3 aromatic carbocycles. The van der Waals surface area contributed by atoms with E-state index in [1.807, 2.05) is 54.0 Å². The van der Waals surface area contributed by atoms with Gasteiger partial charge in [-0.15, -0.1) is 10.2 Å². The lowest BCUT2D eigenvalue weighted by molar-refractivity contribution is -0.118. The highest BCUT2D eigenvalue weighted by Crippen LogP contribution is 2.29. The van der Waals surface area contributed by atoms with E-state index in [0.29, 0.717) is 35.8 Å². The van der Waals surface area contributed by atoms with Crippen molar-refractivity contribution in [3.05, 3.63) is 99.6 Å². The van der Waals surface area contributed by atoms with Gasteiger partial charge in [-0.05, 0) is 49.4 Å². The van der Waals surface area contributed by atoms with Crippen molar-refractivity contribution in [2.75, 3.05) is 20.2 Å². The van der Waals surface area contributed by atoms with Crippen molar-refractivity contribution in [2.24, 2.45) is 4.99 Å². The maximum absolute atomic E-state index is 11.6. The Morgan fingerprint density at radius 1 is 1.02 bits per heavy atom. The second-order valence-electron chi connectivity index (χ2n) is 9.29. The topological polar surface area (TPSA) is 151 Å². The smallest absolute Gasteiger partial charge is 0.251 e. The largest absolute Gasteiger partial charge is 0.508 e. The molecule has 2 amide bonds. The fraction of sp³-hybridized carbons (Fsp3) is 0.233. The molecule has 218 valence electrons. The van der Waals surface area contributed by atoms with Crippen LogP contribution in [0.4, 0.5) is 0 Å². The summed E-state index contributed by atoms with van der Waals surface area (Å²) in [6, 6.07) is 17.9. The second-order valence-corrected chi connectivity index (χ2v) is 9.73. The van der Waals surface area contributed by atoms with E-state index in [4.69, 9.17) is 26.4 Å². The number of carbonyl (C=O) groups excluding carboxylic acids is 2. The van der Waals surface area contributed by atoms with Crippen LogP contribution >= 0.6 is 11.6 Å². The van der Waals surface area contributed by atoms with Crippen LogP contribution in [0, 0.1) is 6.92 Å². The number of aliphatic hydroxyl groups excluding tert-OH is 1. The molecule has 0 atom stereocenters. The third-order valence-electron chi connectivity index (χ3n) is 6.39. The van der Waals surface area contributed by atoms with Crippen molar-refractivity contribution in [3.63, 3.8) is 0 Å². The molecule has 0 bridgehead atoms. The van der Waals surface area contributed by atoms with Gasteiger partial charge in [-0.2, -0.15) is 0 Å². The number of phenols is 1. The lowest BCUT2D eigenvalue weighted by Gasteiger charge is -2.14. The van der Waals surface area contributed by atoms with Crippen molar-refractivity contribution in [2.45, 2.75) is 27.0 Å². The summed E-state index contributed by atoms with van der Waals surface area (Å²) in [5.41, 5.74) is 4.55. The Bertz CT molecular complexity index is 1620. The quantitative estimate of drug-likeness (QED) is 0.241. The molecule has 0 fully saturated rings. The molecule has 0 radical (unpaired) electrons. The number of nitrogens with one attached hydrogen (secondary N) is 2. The van der Waals surface area contributed by atoms with Crippen molar-refractivity contribution in [3.8, 4) is 17.2 Å². The maximum Gasteiger partial charge on any atom is 0.251 e. The van der Waals surface area contributed by atoms with Crippen molar-refractivity contribution in [1.82, 2.24) is 25.4 Å². The lowest BCUT2D eigenvalue weighted by atomic mass is 10.00. The van der Waals surface area contributed by atoms with E-state index in [9.17, 15) is 14.7 Å². The standard InChI is InChI=1S/C18H15ClN4O.C12H16N2O4/c1-11-21-22-17-10-20-18(12-3-5-13(19)6-4-12)15-9-14(24-2)7-8-16(15)23(11)17;1-8(16)13-4-5-14-12(18)9-2-3-10(7-15)11(17)6-9/h3-9H,10H2,1-2H3;2-3,6,15,17H,4-5,7H2,1H3,(H,13,16)(H,14,18). The molecule has 0 spiro atoms. The number of methoxy groups -OCH3 is 1. The minimum absolute atomic E-state index is 0.119. The molecule has 0 saturated heterocycles. The number of aromatic nitrogens is 3. The molecule has 12 heteroatoms. The van der Waals surface area contributed by atoms with Crippen molar-refractivity contribution < 1.29 is 24.5 Å². The molecule has 2 heterocycles. The number of rotatable bonds is 7. The molecule has 1 aliphatic heterocycles. The summed E-state index contributed by atoms with van der Waals surface area (Å²) in [6.07, 6.45) is 0. The number of amides is 2. The molecule has 0 saturated carbocycles. The molecule has 4 aromatic rings. The highest BCUT2D eigenvalue weighted by Gasteiger charge is 2.22. The van der Waals surface area contributed by atoms with Crippen LogP contribution in [0.15, 0.2) is 65.7 Å². The summed E-state index contributed by atoms with van der Waals surface area (Å²) in [6.45, 7) is 4.18. The van der Waals surface area contributed by atoms with Gasteiger partial charge >= 0.3 is 0 Å². The number of hydrogen-bond acceptors (Lipinski definition) is 8. The number of nitrogens with zero attached hydrogens (tertiary/aromatic N) is 4. The van der Waals surface area contributed by atoms with E-state index < -0.39 is 0 Å². The normalized spacial score (nSPS) is 11.6. The summed E-state index contributed by atoms with van der Waals surface area (Å²) in [5, 5.41) is 32.6. The van der Waals surface area contributed by atoms with Gasteiger partial charge in [0, 0.05) is 47.3 Å². The summed E-state index contributed by atoms with van der Waals surface area (Å²) in [5.74, 6) is 1.82. The molecule has 5 rings (SSSR count). The minimum Gasteiger partial charge on any atom is -0.508 e. The number of aliphatic hydroxyl groups is 1. The summed E-state index contributed by atoms with van der Waals surface area (Å²) in [7, 11) is 1.66. The van der Waals surface area contributed by atoms with E-state index in [-0.39, 0.29) is 24.2 Å². The lowest BCUT2D eigenvalue weighted by Crippen LogP contribution is -2.33. The van der Waals surface area contributed by atoms with Gasteiger partial charge in [0.05, 0.1) is 25.1 Å². The van der Waals surface area contributed by atoms with Crippen LogP contribution < -0.4 is 15.4 Å². The van der Waals surface area contributed by atoms with Crippen LogP contribution in [-0.4, -0.2) is 62.7 Å². The Balaban J connectivity index is 0.000000202. The Labute approximate surface area is 247 Å². The first-order valence-electron chi connectivity index (χ1n) is 13.1. The molecule has 1 aliphatic rings.